The van der Waals surface area contributed by atoms with Crippen LogP contribution in [0.25, 0.3) is 11.1 Å². The fourth-order valence-corrected chi connectivity index (χ4v) is 3.22. The molecule has 1 aliphatic rings. The maximum absolute atomic E-state index is 14.6. The predicted octanol–water partition coefficient (Wildman–Crippen LogP) is 4.76. The Morgan fingerprint density at radius 1 is 1.03 bits per heavy atom. The van der Waals surface area contributed by atoms with Crippen molar-refractivity contribution in [1.82, 2.24) is 0 Å². The second-order valence-electron chi connectivity index (χ2n) is 6.68. The molecule has 1 aliphatic heterocycles. The third kappa shape index (κ3) is 3.50. The largest absolute Gasteiger partial charge is 0.483 e. The van der Waals surface area contributed by atoms with Crippen LogP contribution < -0.4 is 9.64 Å². The zero-order chi connectivity index (χ0) is 24.1. The van der Waals surface area contributed by atoms with Gasteiger partial charge in [-0.2, -0.15) is 8.78 Å². The van der Waals surface area contributed by atoms with Crippen molar-refractivity contribution in [3.8, 4) is 16.9 Å². The molecule has 32 heavy (non-hydrogen) atoms. The van der Waals surface area contributed by atoms with E-state index in [9.17, 15) is 49.8 Å². The van der Waals surface area contributed by atoms with Crippen molar-refractivity contribution in [1.29, 1.82) is 0 Å². The Balaban J connectivity index is 2.34. The molecule has 3 rings (SSSR count). The molecule has 172 valence electrons. The molecule has 0 saturated carbocycles. The van der Waals surface area contributed by atoms with E-state index < -0.39 is 81.5 Å². The van der Waals surface area contributed by atoms with Gasteiger partial charge in [0.1, 0.15) is 11.9 Å². The van der Waals surface area contributed by atoms with E-state index >= 15 is 0 Å². The quantitative estimate of drug-likeness (QED) is 0.390. The van der Waals surface area contributed by atoms with Crippen LogP contribution in [0.3, 0.4) is 0 Å². The average molecular weight is 469 g/mol. The van der Waals surface area contributed by atoms with Crippen molar-refractivity contribution in [3.63, 3.8) is 0 Å². The van der Waals surface area contributed by atoms with Gasteiger partial charge in [0.05, 0.1) is 11.3 Å². The molecule has 0 bridgehead atoms. The first-order valence-corrected chi connectivity index (χ1v) is 8.82. The lowest BCUT2D eigenvalue weighted by Gasteiger charge is -2.37. The number of aliphatic carboxylic acids is 1. The topological polar surface area (TPSA) is 66.8 Å². The summed E-state index contributed by atoms with van der Waals surface area (Å²) in [5.41, 5.74) is -3.90. The van der Waals surface area contributed by atoms with Crippen molar-refractivity contribution in [2.45, 2.75) is 31.9 Å². The van der Waals surface area contributed by atoms with Crippen LogP contribution in [0, 0.1) is 34.9 Å². The minimum Gasteiger partial charge on any atom is -0.480 e. The van der Waals surface area contributed by atoms with Crippen molar-refractivity contribution >= 4 is 17.6 Å². The molecule has 1 N–H and O–H groups in total. The Morgan fingerprint density at radius 3 is 2.06 bits per heavy atom. The summed E-state index contributed by atoms with van der Waals surface area (Å²) in [7, 11) is 0. The van der Waals surface area contributed by atoms with Crippen LogP contribution in [0.15, 0.2) is 12.1 Å². The van der Waals surface area contributed by atoms with E-state index in [0.717, 1.165) is 0 Å². The number of rotatable bonds is 5. The Bertz CT molecular complexity index is 1110. The molecule has 13 heteroatoms. The molecule has 1 amide bonds. The molecule has 1 heterocycles. The normalized spacial score (nSPS) is 15.9. The molecular formula is C19H11F8NO4. The van der Waals surface area contributed by atoms with Gasteiger partial charge in [-0.1, -0.05) is 13.3 Å². The molecule has 2 aromatic carbocycles. The van der Waals surface area contributed by atoms with Crippen LogP contribution in [0.1, 0.15) is 19.8 Å². The zero-order valence-electron chi connectivity index (χ0n) is 15.8. The number of carboxylic acids is 1. The highest BCUT2D eigenvalue weighted by Gasteiger charge is 2.53. The summed E-state index contributed by atoms with van der Waals surface area (Å²) in [6.45, 7) is 1.46. The van der Waals surface area contributed by atoms with Gasteiger partial charge in [-0.05, 0) is 12.5 Å². The third-order valence-corrected chi connectivity index (χ3v) is 4.65. The highest BCUT2D eigenvalue weighted by atomic mass is 19.3. The van der Waals surface area contributed by atoms with Gasteiger partial charge in [0, 0.05) is 11.6 Å². The Hall–Kier alpha value is -3.38. The maximum atomic E-state index is 14.6. The van der Waals surface area contributed by atoms with Crippen LogP contribution in [0.4, 0.5) is 40.8 Å². The summed E-state index contributed by atoms with van der Waals surface area (Å²) in [6.07, 6.45) is -4.91. The van der Waals surface area contributed by atoms with E-state index in [2.05, 4.69) is 4.74 Å². The van der Waals surface area contributed by atoms with E-state index in [1.165, 1.54) is 6.92 Å². The summed E-state index contributed by atoms with van der Waals surface area (Å²) in [6, 6.07) is -1.50. The summed E-state index contributed by atoms with van der Waals surface area (Å²) in [5, 5.41) is 9.39. The van der Waals surface area contributed by atoms with Crippen molar-refractivity contribution < 1.29 is 54.6 Å². The van der Waals surface area contributed by atoms with Crippen LogP contribution in [0.2, 0.25) is 0 Å². The number of carboxylic acid groups (broad SMARTS) is 1. The molecule has 0 radical (unpaired) electrons. The number of benzene rings is 2. The molecular weight excluding hydrogens is 458 g/mol. The van der Waals surface area contributed by atoms with Crippen molar-refractivity contribution in [3.05, 3.63) is 47.0 Å². The lowest BCUT2D eigenvalue weighted by atomic mass is 9.99. The third-order valence-electron chi connectivity index (χ3n) is 4.65. The number of halogens is 8. The average Bonchev–Trinajstić information content (AvgIpc) is 2.71. The zero-order valence-corrected chi connectivity index (χ0v) is 15.8. The number of anilines is 1. The number of nitrogens with zero attached hydrogens (tertiary/aromatic N) is 1. The van der Waals surface area contributed by atoms with Crippen LogP contribution >= 0.6 is 0 Å². The van der Waals surface area contributed by atoms with Gasteiger partial charge in [-0.25, -0.2) is 31.1 Å². The SMILES string of the molecule is CCC[C@H](C(=O)O)N1C(=O)C(F)(F)Oc2cc(F)c(-c3c(F)c(F)c(F)c(F)c3F)cc21. The Labute approximate surface area is 173 Å². The summed E-state index contributed by atoms with van der Waals surface area (Å²) < 4.78 is 116. The van der Waals surface area contributed by atoms with E-state index in [1.807, 2.05) is 0 Å². The second kappa shape index (κ2) is 7.95. The molecule has 0 spiro atoms. The van der Waals surface area contributed by atoms with Gasteiger partial charge >= 0.3 is 18.0 Å². The van der Waals surface area contributed by atoms with Gasteiger partial charge in [-0.3, -0.25) is 9.69 Å². The van der Waals surface area contributed by atoms with Gasteiger partial charge in [0.15, 0.2) is 29.0 Å². The van der Waals surface area contributed by atoms with Crippen molar-refractivity contribution in [2.24, 2.45) is 0 Å². The molecule has 0 fully saturated rings. The van der Waals surface area contributed by atoms with Gasteiger partial charge in [0.2, 0.25) is 5.82 Å². The number of hydrogen-bond donors (Lipinski definition) is 1. The fraction of sp³-hybridized carbons (Fsp3) is 0.263. The Kier molecular flexibility index (Phi) is 5.78. The maximum Gasteiger partial charge on any atom is 0.483 e. The molecule has 0 unspecified atom stereocenters. The lowest BCUT2D eigenvalue weighted by molar-refractivity contribution is -0.194. The molecule has 0 saturated heterocycles. The smallest absolute Gasteiger partial charge is 0.480 e. The number of ether oxygens (including phenoxy) is 1. The number of alkyl halides is 2. The van der Waals surface area contributed by atoms with E-state index in [0.29, 0.717) is 6.07 Å². The molecule has 2 aromatic rings. The number of fused-ring (bicyclic) bond motifs is 1. The standard InChI is InChI=1S/C19H11F8NO4/c1-2-3-8(17(29)30)28-9-4-6(7(20)5-10(9)32-19(26,27)18(28)31)11-12(21)14(23)16(25)15(24)13(11)22/h4-5,8H,2-3H2,1H3,(H,29,30)/t8-/m1/s1. The fourth-order valence-electron chi connectivity index (χ4n) is 3.22. The highest BCUT2D eigenvalue weighted by Crippen LogP contribution is 2.45. The van der Waals surface area contributed by atoms with Gasteiger partial charge < -0.3 is 9.84 Å². The highest BCUT2D eigenvalue weighted by molar-refractivity contribution is 6.05. The summed E-state index contributed by atoms with van der Waals surface area (Å²) >= 11 is 0. The van der Waals surface area contributed by atoms with Crippen LogP contribution in [-0.2, 0) is 9.59 Å². The van der Waals surface area contributed by atoms with E-state index in [4.69, 9.17) is 0 Å². The number of amides is 1. The van der Waals surface area contributed by atoms with Gasteiger partial charge in [0.25, 0.3) is 0 Å². The van der Waals surface area contributed by atoms with Crippen LogP contribution in [0.5, 0.6) is 5.75 Å². The minimum atomic E-state index is -4.62. The number of hydrogen-bond acceptors (Lipinski definition) is 3. The van der Waals surface area contributed by atoms with Gasteiger partial charge in [-0.15, -0.1) is 0 Å². The van der Waals surface area contributed by atoms with Crippen LogP contribution in [-0.4, -0.2) is 29.1 Å². The molecule has 5 nitrogen and oxygen atoms in total. The van der Waals surface area contributed by atoms with E-state index in [1.54, 1.807) is 0 Å². The number of carbonyl (C=O) groups is 2. The number of carbonyl (C=O) groups excluding carboxylic acids is 1. The first-order chi connectivity index (χ1) is 14.8. The second-order valence-corrected chi connectivity index (χ2v) is 6.68. The first kappa shape index (κ1) is 23.3. The summed E-state index contributed by atoms with van der Waals surface area (Å²) in [5.74, 6) is -18.9. The molecule has 1 atom stereocenters. The van der Waals surface area contributed by atoms with Crippen molar-refractivity contribution in [2.75, 3.05) is 4.90 Å². The lowest BCUT2D eigenvalue weighted by Crippen LogP contribution is -2.56. The van der Waals surface area contributed by atoms with E-state index in [-0.39, 0.29) is 23.8 Å². The molecule has 0 aromatic heterocycles. The Morgan fingerprint density at radius 2 is 1.56 bits per heavy atom. The minimum absolute atomic E-state index is 0.0274. The monoisotopic (exact) mass is 469 g/mol. The molecule has 0 aliphatic carbocycles. The first-order valence-electron chi connectivity index (χ1n) is 8.82. The summed E-state index contributed by atoms with van der Waals surface area (Å²) in [4.78, 5) is 23.9. The predicted molar refractivity (Wildman–Crippen MR) is 91.0 cm³/mol.